The Balaban J connectivity index is 1.48. The van der Waals surface area contributed by atoms with E-state index >= 15 is 0 Å². The molecule has 0 radical (unpaired) electrons. The van der Waals surface area contributed by atoms with Crippen molar-refractivity contribution in [2.24, 2.45) is 5.92 Å². The Labute approximate surface area is 166 Å². The molecule has 2 amide bonds. The second-order valence-corrected chi connectivity index (χ2v) is 7.72. The van der Waals surface area contributed by atoms with E-state index in [1.165, 1.54) is 11.8 Å². The fourth-order valence-corrected chi connectivity index (χ4v) is 3.52. The summed E-state index contributed by atoms with van der Waals surface area (Å²) < 4.78 is 5.12. The maximum Gasteiger partial charge on any atom is 0.287 e. The monoisotopic (exact) mass is 383 g/mol. The molecule has 28 heavy (non-hydrogen) atoms. The van der Waals surface area contributed by atoms with E-state index < -0.39 is 6.04 Å². The molecule has 6 heteroatoms. The van der Waals surface area contributed by atoms with Gasteiger partial charge in [-0.1, -0.05) is 44.2 Å². The summed E-state index contributed by atoms with van der Waals surface area (Å²) in [4.78, 5) is 27.4. The number of amides is 2. The van der Waals surface area contributed by atoms with Gasteiger partial charge in [0.2, 0.25) is 5.91 Å². The second-order valence-electron chi connectivity index (χ2n) is 7.72. The third-order valence-electron chi connectivity index (χ3n) is 5.16. The molecule has 2 aromatic rings. The highest BCUT2D eigenvalue weighted by atomic mass is 16.3. The molecule has 1 atom stereocenters. The highest BCUT2D eigenvalue weighted by molar-refractivity contribution is 5.95. The van der Waals surface area contributed by atoms with Crippen molar-refractivity contribution in [1.82, 2.24) is 15.5 Å². The van der Waals surface area contributed by atoms with Gasteiger partial charge in [-0.2, -0.15) is 0 Å². The van der Waals surface area contributed by atoms with E-state index in [2.05, 4.69) is 39.8 Å². The maximum atomic E-state index is 12.8. The minimum absolute atomic E-state index is 0.0166. The number of hydrogen-bond acceptors (Lipinski definition) is 4. The molecule has 2 heterocycles. The molecule has 1 fully saturated rings. The molecule has 150 valence electrons. The van der Waals surface area contributed by atoms with Crippen molar-refractivity contribution in [2.75, 3.05) is 13.1 Å². The van der Waals surface area contributed by atoms with Gasteiger partial charge < -0.3 is 15.1 Å². The van der Waals surface area contributed by atoms with Gasteiger partial charge in [-0.25, -0.2) is 0 Å². The lowest BCUT2D eigenvalue weighted by atomic mass is 10.00. The number of nitrogens with zero attached hydrogens (tertiary/aromatic N) is 1. The van der Waals surface area contributed by atoms with Crippen molar-refractivity contribution in [3.05, 3.63) is 60.1 Å². The van der Waals surface area contributed by atoms with Crippen molar-refractivity contribution in [1.29, 1.82) is 0 Å². The Morgan fingerprint density at radius 1 is 1.11 bits per heavy atom. The van der Waals surface area contributed by atoms with E-state index in [0.717, 1.165) is 32.5 Å². The zero-order chi connectivity index (χ0) is 19.9. The number of rotatable bonds is 7. The first-order chi connectivity index (χ1) is 13.5. The summed E-state index contributed by atoms with van der Waals surface area (Å²) in [7, 11) is 0. The van der Waals surface area contributed by atoms with E-state index in [9.17, 15) is 9.59 Å². The van der Waals surface area contributed by atoms with Crippen LogP contribution in [-0.2, 0) is 11.3 Å². The number of carbonyl (C=O) groups excluding carboxylic acids is 2. The van der Waals surface area contributed by atoms with Gasteiger partial charge in [-0.05, 0) is 36.5 Å². The molecule has 0 saturated carbocycles. The summed E-state index contributed by atoms with van der Waals surface area (Å²) in [5, 5.41) is 5.92. The Morgan fingerprint density at radius 3 is 2.43 bits per heavy atom. The Morgan fingerprint density at radius 2 is 1.82 bits per heavy atom. The predicted molar refractivity (Wildman–Crippen MR) is 108 cm³/mol. The molecule has 2 N–H and O–H groups in total. The summed E-state index contributed by atoms with van der Waals surface area (Å²) in [6.45, 7) is 6.69. The lowest BCUT2D eigenvalue weighted by Gasteiger charge is -2.33. The van der Waals surface area contributed by atoms with Crippen LogP contribution in [-0.4, -0.2) is 41.9 Å². The van der Waals surface area contributed by atoms with Crippen LogP contribution in [0.25, 0.3) is 0 Å². The third kappa shape index (κ3) is 5.45. The number of furan rings is 1. The minimum atomic E-state index is -0.583. The zero-order valence-corrected chi connectivity index (χ0v) is 16.6. The fraction of sp³-hybridized carbons (Fsp3) is 0.455. The molecule has 0 bridgehead atoms. The van der Waals surface area contributed by atoms with Gasteiger partial charge in [0.05, 0.1) is 6.26 Å². The zero-order valence-electron chi connectivity index (χ0n) is 16.6. The SMILES string of the molecule is CC(C)[C@H](NC(=O)c1ccco1)C(=O)NC1CCN(Cc2ccccc2)CC1. The van der Waals surface area contributed by atoms with Gasteiger partial charge in [0.1, 0.15) is 6.04 Å². The molecule has 1 saturated heterocycles. The summed E-state index contributed by atoms with van der Waals surface area (Å²) >= 11 is 0. The van der Waals surface area contributed by atoms with Gasteiger partial charge in [0, 0.05) is 25.7 Å². The Bertz CT molecular complexity index is 751. The fourth-order valence-electron chi connectivity index (χ4n) is 3.52. The Kier molecular flexibility index (Phi) is 6.87. The van der Waals surface area contributed by atoms with Gasteiger partial charge in [-0.15, -0.1) is 0 Å². The van der Waals surface area contributed by atoms with Crippen LogP contribution in [0.4, 0.5) is 0 Å². The standard InChI is InChI=1S/C22H29N3O3/c1-16(2)20(24-21(26)19-9-6-14-28-19)22(27)23-18-10-12-25(13-11-18)15-17-7-4-3-5-8-17/h3-9,14,16,18,20H,10-13,15H2,1-2H3,(H,23,27)(H,24,26)/t20-/m0/s1. The molecule has 0 unspecified atom stereocenters. The van der Waals surface area contributed by atoms with Crippen molar-refractivity contribution in [2.45, 2.75) is 45.3 Å². The molecule has 6 nitrogen and oxygen atoms in total. The maximum absolute atomic E-state index is 12.8. The average molecular weight is 383 g/mol. The molecule has 1 aliphatic heterocycles. The molecule has 1 aliphatic rings. The van der Waals surface area contributed by atoms with Crippen molar-refractivity contribution < 1.29 is 14.0 Å². The predicted octanol–water partition coefficient (Wildman–Crippen LogP) is 2.81. The molecular formula is C22H29N3O3. The van der Waals surface area contributed by atoms with E-state index in [4.69, 9.17) is 4.42 Å². The summed E-state index contributed by atoms with van der Waals surface area (Å²) in [6, 6.07) is 13.2. The lowest BCUT2D eigenvalue weighted by Crippen LogP contribution is -2.53. The number of piperidine rings is 1. The van der Waals surface area contributed by atoms with Crippen molar-refractivity contribution in [3.63, 3.8) is 0 Å². The second kappa shape index (κ2) is 9.55. The molecule has 1 aromatic heterocycles. The van der Waals surface area contributed by atoms with Gasteiger partial charge in [0.15, 0.2) is 5.76 Å². The van der Waals surface area contributed by atoms with E-state index in [1.807, 2.05) is 19.9 Å². The summed E-state index contributed by atoms with van der Waals surface area (Å²) in [5.74, 6) is -0.294. The van der Waals surface area contributed by atoms with Crippen LogP contribution >= 0.6 is 0 Å². The highest BCUT2D eigenvalue weighted by Crippen LogP contribution is 2.15. The number of benzene rings is 1. The number of nitrogens with one attached hydrogen (secondary N) is 2. The Hall–Kier alpha value is -2.60. The number of carbonyl (C=O) groups is 2. The number of likely N-dealkylation sites (tertiary alicyclic amines) is 1. The van der Waals surface area contributed by atoms with Crippen LogP contribution in [0.1, 0.15) is 42.8 Å². The minimum Gasteiger partial charge on any atom is -0.459 e. The average Bonchev–Trinajstić information content (AvgIpc) is 3.23. The van der Waals surface area contributed by atoms with Gasteiger partial charge in [0.25, 0.3) is 5.91 Å². The lowest BCUT2D eigenvalue weighted by molar-refractivity contribution is -0.125. The van der Waals surface area contributed by atoms with E-state index in [-0.39, 0.29) is 29.5 Å². The smallest absolute Gasteiger partial charge is 0.287 e. The summed E-state index contributed by atoms with van der Waals surface area (Å²) in [6.07, 6.45) is 3.27. The molecular weight excluding hydrogens is 354 g/mol. The van der Waals surface area contributed by atoms with Gasteiger partial charge >= 0.3 is 0 Å². The normalized spacial score (nSPS) is 16.7. The largest absolute Gasteiger partial charge is 0.459 e. The van der Waals surface area contributed by atoms with E-state index in [0.29, 0.717) is 0 Å². The molecule has 0 spiro atoms. The van der Waals surface area contributed by atoms with Crippen LogP contribution < -0.4 is 10.6 Å². The van der Waals surface area contributed by atoms with Crippen LogP contribution in [0, 0.1) is 5.92 Å². The quantitative estimate of drug-likeness (QED) is 0.771. The molecule has 0 aliphatic carbocycles. The number of hydrogen-bond donors (Lipinski definition) is 2. The third-order valence-corrected chi connectivity index (χ3v) is 5.16. The van der Waals surface area contributed by atoms with Crippen LogP contribution in [0.2, 0.25) is 0 Å². The molecule has 3 rings (SSSR count). The first-order valence-electron chi connectivity index (χ1n) is 9.94. The van der Waals surface area contributed by atoms with Crippen molar-refractivity contribution >= 4 is 11.8 Å². The van der Waals surface area contributed by atoms with Crippen molar-refractivity contribution in [3.8, 4) is 0 Å². The topological polar surface area (TPSA) is 74.6 Å². The highest BCUT2D eigenvalue weighted by Gasteiger charge is 2.28. The molecule has 1 aromatic carbocycles. The van der Waals surface area contributed by atoms with Crippen LogP contribution in [0.15, 0.2) is 53.1 Å². The first kappa shape index (κ1) is 20.1. The van der Waals surface area contributed by atoms with Crippen LogP contribution in [0.3, 0.4) is 0 Å². The van der Waals surface area contributed by atoms with Gasteiger partial charge in [-0.3, -0.25) is 14.5 Å². The summed E-state index contributed by atoms with van der Waals surface area (Å²) in [5.41, 5.74) is 1.31. The van der Waals surface area contributed by atoms with E-state index in [1.54, 1.807) is 12.1 Å². The first-order valence-corrected chi connectivity index (χ1v) is 9.94. The van der Waals surface area contributed by atoms with Crippen LogP contribution in [0.5, 0.6) is 0 Å².